The highest BCUT2D eigenvalue weighted by molar-refractivity contribution is 6.34. The van der Waals surface area contributed by atoms with Crippen LogP contribution >= 0.6 is 11.6 Å². The number of nitrogen functional groups attached to an aromatic ring is 1. The Morgan fingerprint density at radius 2 is 2.07 bits per heavy atom. The van der Waals surface area contributed by atoms with E-state index >= 15 is 0 Å². The summed E-state index contributed by atoms with van der Waals surface area (Å²) in [5.41, 5.74) is 4.08. The molecule has 7 heteroatoms. The van der Waals surface area contributed by atoms with Crippen LogP contribution in [0, 0.1) is 10.1 Å². The average Bonchev–Trinajstić information content (AvgIpc) is 2.08. The molecule has 0 saturated heterocycles. The molecule has 14 heavy (non-hydrogen) atoms. The monoisotopic (exact) mass is 215 g/mol. The van der Waals surface area contributed by atoms with Crippen molar-refractivity contribution in [3.8, 4) is 0 Å². The molecule has 0 aliphatic heterocycles. The molecular formula is C7H4ClN2O4-. The van der Waals surface area contributed by atoms with Crippen LogP contribution in [0.1, 0.15) is 10.4 Å². The first-order chi connectivity index (χ1) is 6.43. The highest BCUT2D eigenvalue weighted by atomic mass is 35.5. The number of carboxylic acids is 1. The zero-order valence-electron chi connectivity index (χ0n) is 6.69. The third kappa shape index (κ3) is 1.74. The SMILES string of the molecule is Nc1c(Cl)cc(C(=O)[O-])cc1[N+](=O)[O-]. The molecule has 0 heterocycles. The third-order valence-corrected chi connectivity index (χ3v) is 1.85. The Morgan fingerprint density at radius 1 is 1.50 bits per heavy atom. The van der Waals surface area contributed by atoms with E-state index < -0.39 is 16.6 Å². The maximum Gasteiger partial charge on any atom is 0.294 e. The highest BCUT2D eigenvalue weighted by Gasteiger charge is 2.16. The number of carbonyl (C=O) groups is 1. The van der Waals surface area contributed by atoms with Crippen LogP contribution in [0.2, 0.25) is 5.02 Å². The zero-order chi connectivity index (χ0) is 10.9. The van der Waals surface area contributed by atoms with Crippen LogP contribution in [0.25, 0.3) is 0 Å². The van der Waals surface area contributed by atoms with Crippen molar-refractivity contribution in [2.75, 3.05) is 5.73 Å². The van der Waals surface area contributed by atoms with Gasteiger partial charge in [0.1, 0.15) is 5.69 Å². The van der Waals surface area contributed by atoms with Crippen molar-refractivity contribution in [3.63, 3.8) is 0 Å². The van der Waals surface area contributed by atoms with Gasteiger partial charge in [-0.05, 0) is 6.07 Å². The number of nitrogens with zero attached hydrogens (tertiary/aromatic N) is 1. The minimum Gasteiger partial charge on any atom is -0.545 e. The van der Waals surface area contributed by atoms with Crippen LogP contribution in [0.4, 0.5) is 11.4 Å². The number of anilines is 1. The van der Waals surface area contributed by atoms with Crippen LogP contribution in [-0.2, 0) is 0 Å². The molecule has 0 bridgehead atoms. The van der Waals surface area contributed by atoms with Crippen LogP contribution < -0.4 is 10.8 Å². The first-order valence-corrected chi connectivity index (χ1v) is 3.76. The molecule has 0 atom stereocenters. The van der Waals surface area contributed by atoms with E-state index in [2.05, 4.69) is 0 Å². The van der Waals surface area contributed by atoms with E-state index in [-0.39, 0.29) is 16.3 Å². The van der Waals surface area contributed by atoms with Crippen molar-refractivity contribution in [1.29, 1.82) is 0 Å². The standard InChI is InChI=1S/C7H5ClN2O4/c8-4-1-3(7(11)12)2-5(6(4)9)10(13)14/h1-2H,9H2,(H,11,12)/p-1. The number of nitro groups is 1. The molecule has 0 unspecified atom stereocenters. The van der Waals surface area contributed by atoms with Gasteiger partial charge in [-0.15, -0.1) is 0 Å². The molecule has 0 aliphatic carbocycles. The van der Waals surface area contributed by atoms with E-state index in [1.165, 1.54) is 0 Å². The smallest absolute Gasteiger partial charge is 0.294 e. The van der Waals surface area contributed by atoms with Gasteiger partial charge in [0, 0.05) is 11.6 Å². The number of carboxylic acid groups (broad SMARTS) is 1. The Bertz CT molecular complexity index is 418. The lowest BCUT2D eigenvalue weighted by Crippen LogP contribution is -2.22. The predicted octanol–water partition coefficient (Wildman–Crippen LogP) is 0.194. The highest BCUT2D eigenvalue weighted by Crippen LogP contribution is 2.30. The number of carbonyl (C=O) groups excluding carboxylic acids is 1. The quantitative estimate of drug-likeness (QED) is 0.430. The Labute approximate surface area is 83.0 Å². The number of aromatic carboxylic acids is 1. The summed E-state index contributed by atoms with van der Waals surface area (Å²) < 4.78 is 0. The van der Waals surface area contributed by atoms with Gasteiger partial charge in [0.05, 0.1) is 15.9 Å². The molecule has 0 aliphatic rings. The van der Waals surface area contributed by atoms with Crippen molar-refractivity contribution in [3.05, 3.63) is 32.8 Å². The van der Waals surface area contributed by atoms with Crippen LogP contribution in [0.15, 0.2) is 12.1 Å². The zero-order valence-corrected chi connectivity index (χ0v) is 7.45. The molecule has 0 spiro atoms. The number of halogens is 1. The van der Waals surface area contributed by atoms with Gasteiger partial charge in [-0.1, -0.05) is 11.6 Å². The summed E-state index contributed by atoms with van der Waals surface area (Å²) in [4.78, 5) is 20.0. The largest absolute Gasteiger partial charge is 0.545 e. The van der Waals surface area contributed by atoms with Crippen molar-refractivity contribution in [1.82, 2.24) is 0 Å². The molecule has 0 radical (unpaired) electrons. The van der Waals surface area contributed by atoms with Crippen LogP contribution in [-0.4, -0.2) is 10.9 Å². The molecule has 74 valence electrons. The molecule has 6 nitrogen and oxygen atoms in total. The van der Waals surface area contributed by atoms with E-state index in [4.69, 9.17) is 17.3 Å². The minimum atomic E-state index is -1.55. The lowest BCUT2D eigenvalue weighted by atomic mass is 10.2. The molecule has 0 fully saturated rings. The summed E-state index contributed by atoms with van der Waals surface area (Å²) in [5.74, 6) is -1.55. The van der Waals surface area contributed by atoms with Crippen molar-refractivity contribution in [2.45, 2.75) is 0 Å². The number of hydrogen-bond donors (Lipinski definition) is 1. The van der Waals surface area contributed by atoms with Crippen molar-refractivity contribution < 1.29 is 14.8 Å². The van der Waals surface area contributed by atoms with Gasteiger partial charge in [-0.2, -0.15) is 0 Å². The first-order valence-electron chi connectivity index (χ1n) is 3.38. The number of rotatable bonds is 2. The molecular weight excluding hydrogens is 212 g/mol. The summed E-state index contributed by atoms with van der Waals surface area (Å²) in [6.45, 7) is 0. The van der Waals surface area contributed by atoms with E-state index in [0.29, 0.717) is 0 Å². The summed E-state index contributed by atoms with van der Waals surface area (Å²) in [7, 11) is 0. The van der Waals surface area contributed by atoms with E-state index in [9.17, 15) is 20.0 Å². The Balaban J connectivity index is 3.43. The molecule has 0 saturated carbocycles. The van der Waals surface area contributed by atoms with Gasteiger partial charge < -0.3 is 15.6 Å². The fourth-order valence-corrected chi connectivity index (χ4v) is 1.09. The van der Waals surface area contributed by atoms with Crippen LogP contribution in [0.5, 0.6) is 0 Å². The second-order valence-corrected chi connectivity index (χ2v) is 2.84. The lowest BCUT2D eigenvalue weighted by molar-refractivity contribution is -0.384. The normalized spacial score (nSPS) is 9.79. The molecule has 2 N–H and O–H groups in total. The van der Waals surface area contributed by atoms with Gasteiger partial charge in [0.2, 0.25) is 0 Å². The number of nitrogens with two attached hydrogens (primary N) is 1. The average molecular weight is 216 g/mol. The predicted molar refractivity (Wildman–Crippen MR) is 46.8 cm³/mol. The lowest BCUT2D eigenvalue weighted by Gasteiger charge is -2.05. The van der Waals surface area contributed by atoms with Crippen molar-refractivity contribution >= 4 is 28.9 Å². The first kappa shape index (κ1) is 10.3. The van der Waals surface area contributed by atoms with Crippen LogP contribution in [0.3, 0.4) is 0 Å². The number of nitro benzene ring substituents is 1. The topological polar surface area (TPSA) is 109 Å². The molecule has 1 aromatic carbocycles. The minimum absolute atomic E-state index is 0.182. The summed E-state index contributed by atoms with van der Waals surface area (Å²) in [6, 6.07) is 1.80. The van der Waals surface area contributed by atoms with E-state index in [1.807, 2.05) is 0 Å². The Kier molecular flexibility index (Phi) is 2.57. The second-order valence-electron chi connectivity index (χ2n) is 2.44. The molecule has 1 rings (SSSR count). The fraction of sp³-hybridized carbons (Fsp3) is 0. The number of hydrogen-bond acceptors (Lipinski definition) is 5. The van der Waals surface area contributed by atoms with Gasteiger partial charge in [-0.3, -0.25) is 10.1 Å². The molecule has 1 aromatic rings. The second kappa shape index (κ2) is 3.51. The van der Waals surface area contributed by atoms with Crippen molar-refractivity contribution in [2.24, 2.45) is 0 Å². The maximum atomic E-state index is 10.4. The third-order valence-electron chi connectivity index (χ3n) is 1.54. The maximum absolute atomic E-state index is 10.4. The van der Waals surface area contributed by atoms with Gasteiger partial charge in [0.25, 0.3) is 5.69 Å². The van der Waals surface area contributed by atoms with E-state index in [0.717, 1.165) is 12.1 Å². The Hall–Kier alpha value is -1.82. The van der Waals surface area contributed by atoms with E-state index in [1.54, 1.807) is 0 Å². The summed E-state index contributed by atoms with van der Waals surface area (Å²) >= 11 is 5.49. The Morgan fingerprint density at radius 3 is 2.50 bits per heavy atom. The molecule has 0 amide bonds. The summed E-state index contributed by atoms with van der Waals surface area (Å²) in [5, 5.41) is 20.6. The van der Waals surface area contributed by atoms with Gasteiger partial charge in [0.15, 0.2) is 0 Å². The van der Waals surface area contributed by atoms with Gasteiger partial charge >= 0.3 is 0 Å². The van der Waals surface area contributed by atoms with Gasteiger partial charge in [-0.25, -0.2) is 0 Å². The summed E-state index contributed by atoms with van der Waals surface area (Å²) in [6.07, 6.45) is 0. The fourth-order valence-electron chi connectivity index (χ4n) is 0.872. The molecule has 0 aromatic heterocycles. The number of benzene rings is 1.